The summed E-state index contributed by atoms with van der Waals surface area (Å²) in [6.45, 7) is 8.70. The standard InChI is InChI=1S/C8H16Si2/c1-7(2)5-9-10-6-8(3)4/h5-6H,9H2,1-4H3. The molecule has 0 aliphatic rings. The summed E-state index contributed by atoms with van der Waals surface area (Å²) in [6.07, 6.45) is 0. The topological polar surface area (TPSA) is 0 Å². The van der Waals surface area contributed by atoms with Crippen LogP contribution in [-0.4, -0.2) is 18.1 Å². The van der Waals surface area contributed by atoms with E-state index in [1.165, 1.54) is 11.1 Å². The Morgan fingerprint density at radius 3 is 2.10 bits per heavy atom. The van der Waals surface area contributed by atoms with E-state index in [0.29, 0.717) is 0 Å². The minimum Gasteiger partial charge on any atom is -0.106 e. The second-order valence-corrected chi connectivity index (χ2v) is 6.87. The zero-order valence-corrected chi connectivity index (χ0v) is 9.78. The molecule has 0 heterocycles. The van der Waals surface area contributed by atoms with E-state index in [-0.39, 0.29) is 9.04 Å². The number of rotatable bonds is 3. The first-order chi connectivity index (χ1) is 4.63. The third-order valence-corrected chi connectivity index (χ3v) is 4.99. The maximum atomic E-state index is 2.43. The molecule has 0 amide bonds. The molecule has 0 fully saturated rings. The summed E-state index contributed by atoms with van der Waals surface area (Å²) in [4.78, 5) is 0. The van der Waals surface area contributed by atoms with Gasteiger partial charge in [-0.3, -0.25) is 0 Å². The van der Waals surface area contributed by atoms with E-state index in [9.17, 15) is 0 Å². The van der Waals surface area contributed by atoms with Crippen molar-refractivity contribution in [3.05, 3.63) is 22.5 Å². The summed E-state index contributed by atoms with van der Waals surface area (Å²) in [5, 5.41) is 0. The molecule has 0 aromatic heterocycles. The summed E-state index contributed by atoms with van der Waals surface area (Å²) in [6, 6.07) is 0. The Kier molecular flexibility index (Phi) is 5.63. The molecule has 0 atom stereocenters. The van der Waals surface area contributed by atoms with E-state index in [0.717, 1.165) is 9.04 Å². The highest BCUT2D eigenvalue weighted by atomic mass is 29.1. The van der Waals surface area contributed by atoms with E-state index in [4.69, 9.17) is 0 Å². The predicted octanol–water partition coefficient (Wildman–Crippen LogP) is 1.62. The fourth-order valence-corrected chi connectivity index (χ4v) is 4.73. The minimum atomic E-state index is 0.110. The third-order valence-electron chi connectivity index (χ3n) is 1.02. The van der Waals surface area contributed by atoms with Gasteiger partial charge in [0.25, 0.3) is 0 Å². The Bertz CT molecular complexity index is 119. The van der Waals surface area contributed by atoms with Crippen LogP contribution in [0.3, 0.4) is 0 Å². The van der Waals surface area contributed by atoms with Crippen LogP contribution in [0.2, 0.25) is 0 Å². The Morgan fingerprint density at radius 1 is 1.10 bits per heavy atom. The van der Waals surface area contributed by atoms with Crippen molar-refractivity contribution in [2.45, 2.75) is 27.7 Å². The van der Waals surface area contributed by atoms with Gasteiger partial charge in [0.1, 0.15) is 0 Å². The quantitative estimate of drug-likeness (QED) is 0.444. The van der Waals surface area contributed by atoms with Crippen molar-refractivity contribution in [2.24, 2.45) is 0 Å². The molecule has 0 saturated heterocycles. The lowest BCUT2D eigenvalue weighted by Gasteiger charge is -1.88. The van der Waals surface area contributed by atoms with Gasteiger partial charge in [-0.1, -0.05) is 11.1 Å². The molecule has 0 aliphatic carbocycles. The van der Waals surface area contributed by atoms with Crippen LogP contribution < -0.4 is 0 Å². The summed E-state index contributed by atoms with van der Waals surface area (Å²) >= 11 is 0. The molecule has 0 bridgehead atoms. The van der Waals surface area contributed by atoms with Gasteiger partial charge in [-0.2, -0.15) is 0 Å². The van der Waals surface area contributed by atoms with Crippen LogP contribution in [0.1, 0.15) is 27.7 Å². The molecule has 0 N–H and O–H groups in total. The van der Waals surface area contributed by atoms with Gasteiger partial charge < -0.3 is 0 Å². The Labute approximate surface area is 68.9 Å². The zero-order valence-electron chi connectivity index (χ0n) is 7.36. The van der Waals surface area contributed by atoms with E-state index in [1.54, 1.807) is 0 Å². The lowest BCUT2D eigenvalue weighted by atomic mass is 10.4. The van der Waals surface area contributed by atoms with Crippen molar-refractivity contribution in [1.29, 1.82) is 0 Å². The number of hydrogen-bond donors (Lipinski definition) is 0. The first-order valence-corrected chi connectivity index (χ1v) is 7.85. The van der Waals surface area contributed by atoms with Gasteiger partial charge >= 0.3 is 0 Å². The lowest BCUT2D eigenvalue weighted by molar-refractivity contribution is 1.41. The summed E-state index contributed by atoms with van der Waals surface area (Å²) in [5.41, 5.74) is 7.75. The molecule has 0 saturated carbocycles. The molecule has 0 unspecified atom stereocenters. The Balaban J connectivity index is 3.39. The van der Waals surface area contributed by atoms with Gasteiger partial charge in [0.2, 0.25) is 0 Å². The van der Waals surface area contributed by atoms with Gasteiger partial charge in [0, 0.05) is 9.04 Å². The highest BCUT2D eigenvalue weighted by Crippen LogP contribution is 1.87. The lowest BCUT2D eigenvalue weighted by Crippen LogP contribution is -1.97. The van der Waals surface area contributed by atoms with Gasteiger partial charge in [0.15, 0.2) is 0 Å². The zero-order chi connectivity index (χ0) is 7.98. The molecule has 0 spiro atoms. The van der Waals surface area contributed by atoms with Crippen molar-refractivity contribution < 1.29 is 0 Å². The second kappa shape index (κ2) is 5.68. The maximum Gasteiger partial charge on any atom is 0.0576 e. The first kappa shape index (κ1) is 9.91. The summed E-state index contributed by atoms with van der Waals surface area (Å²) in [7, 11) is 1.22. The van der Waals surface area contributed by atoms with E-state index in [1.807, 2.05) is 0 Å². The van der Waals surface area contributed by atoms with Crippen LogP contribution in [0.4, 0.5) is 0 Å². The molecule has 0 nitrogen and oxygen atoms in total. The molecule has 0 aromatic carbocycles. The van der Waals surface area contributed by atoms with Gasteiger partial charge in [0.05, 0.1) is 9.04 Å². The van der Waals surface area contributed by atoms with Crippen LogP contribution in [0, 0.1) is 0 Å². The molecule has 0 aliphatic heterocycles. The van der Waals surface area contributed by atoms with Crippen molar-refractivity contribution in [3.63, 3.8) is 0 Å². The fraction of sp³-hybridized carbons (Fsp3) is 0.500. The van der Waals surface area contributed by atoms with Crippen LogP contribution >= 0.6 is 0 Å². The maximum absolute atomic E-state index is 2.43. The molecule has 0 rings (SSSR count). The van der Waals surface area contributed by atoms with Crippen LogP contribution in [0.15, 0.2) is 22.5 Å². The summed E-state index contributed by atoms with van der Waals surface area (Å²) < 4.78 is 0. The molecule has 2 radical (unpaired) electrons. The largest absolute Gasteiger partial charge is 0.106 e. The Hall–Kier alpha value is -0.0862. The first-order valence-electron chi connectivity index (χ1n) is 3.63. The van der Waals surface area contributed by atoms with Crippen molar-refractivity contribution in [3.8, 4) is 0 Å². The molecular formula is C8H16Si2. The normalized spacial score (nSPS) is 10.0. The summed E-state index contributed by atoms with van der Waals surface area (Å²) in [5.74, 6) is 0. The highest BCUT2D eigenvalue weighted by Gasteiger charge is 1.82. The van der Waals surface area contributed by atoms with Crippen molar-refractivity contribution in [2.75, 3.05) is 0 Å². The van der Waals surface area contributed by atoms with Gasteiger partial charge in [-0.15, -0.1) is 11.4 Å². The second-order valence-electron chi connectivity index (χ2n) is 2.91. The van der Waals surface area contributed by atoms with Gasteiger partial charge in [-0.25, -0.2) is 0 Å². The van der Waals surface area contributed by atoms with Crippen molar-refractivity contribution >= 4 is 18.1 Å². The average molecular weight is 168 g/mol. The molecular weight excluding hydrogens is 152 g/mol. The van der Waals surface area contributed by atoms with E-state index < -0.39 is 0 Å². The van der Waals surface area contributed by atoms with Crippen LogP contribution in [0.25, 0.3) is 0 Å². The highest BCUT2D eigenvalue weighted by molar-refractivity contribution is 7.05. The SMILES string of the molecule is CC(C)=C[Si][SiH2]C=C(C)C. The average Bonchev–Trinajstić information content (AvgIpc) is 1.79. The molecule has 2 heteroatoms. The molecule has 0 aromatic rings. The van der Waals surface area contributed by atoms with Crippen LogP contribution in [0.5, 0.6) is 0 Å². The smallest absolute Gasteiger partial charge is 0.0576 e. The fourth-order valence-electron chi connectivity index (χ4n) is 0.526. The van der Waals surface area contributed by atoms with Crippen molar-refractivity contribution in [1.82, 2.24) is 0 Å². The minimum absolute atomic E-state index is 0.110. The predicted molar refractivity (Wildman–Crippen MR) is 53.2 cm³/mol. The molecule has 56 valence electrons. The Morgan fingerprint density at radius 2 is 1.70 bits per heavy atom. The third kappa shape index (κ3) is 7.91. The van der Waals surface area contributed by atoms with E-state index >= 15 is 0 Å². The van der Waals surface area contributed by atoms with E-state index in [2.05, 4.69) is 39.1 Å². The number of allylic oxidation sites excluding steroid dienone is 2. The molecule has 10 heavy (non-hydrogen) atoms. The van der Waals surface area contributed by atoms with Crippen LogP contribution in [-0.2, 0) is 0 Å². The number of hydrogen-bond acceptors (Lipinski definition) is 0. The monoisotopic (exact) mass is 168 g/mol. The van der Waals surface area contributed by atoms with Gasteiger partial charge in [-0.05, 0) is 27.7 Å².